The van der Waals surface area contributed by atoms with Crippen molar-refractivity contribution in [2.45, 2.75) is 19.3 Å². The average molecular weight is 227 g/mol. The van der Waals surface area contributed by atoms with Crippen molar-refractivity contribution >= 4 is 29.4 Å². The summed E-state index contributed by atoms with van der Waals surface area (Å²) in [5, 5.41) is 2.97. The number of aromatic nitrogens is 1. The first kappa shape index (κ1) is 10.2. The standard InChI is InChI=1S/C10H13NOS2/c12-5-9-7-14-10(11-9)4-8-2-1-3-13-6-8/h5,7-8H,1-4,6H2. The van der Waals surface area contributed by atoms with Gasteiger partial charge in [0.2, 0.25) is 0 Å². The molecule has 0 spiro atoms. The van der Waals surface area contributed by atoms with Gasteiger partial charge in [-0.25, -0.2) is 4.98 Å². The Hall–Kier alpha value is -0.350. The SMILES string of the molecule is O=Cc1csc(CC2CCCSC2)n1. The number of rotatable bonds is 3. The van der Waals surface area contributed by atoms with Crippen molar-refractivity contribution in [3.05, 3.63) is 16.1 Å². The molecule has 2 heterocycles. The van der Waals surface area contributed by atoms with E-state index in [-0.39, 0.29) is 0 Å². The lowest BCUT2D eigenvalue weighted by Gasteiger charge is -2.19. The third-order valence-electron chi connectivity index (χ3n) is 2.41. The van der Waals surface area contributed by atoms with Gasteiger partial charge in [0.15, 0.2) is 6.29 Å². The molecule has 0 N–H and O–H groups in total. The molecule has 76 valence electrons. The zero-order valence-electron chi connectivity index (χ0n) is 7.94. The highest BCUT2D eigenvalue weighted by Gasteiger charge is 2.15. The molecule has 1 aromatic heterocycles. The summed E-state index contributed by atoms with van der Waals surface area (Å²) in [7, 11) is 0. The van der Waals surface area contributed by atoms with Gasteiger partial charge in [0.25, 0.3) is 0 Å². The summed E-state index contributed by atoms with van der Waals surface area (Å²) < 4.78 is 0. The number of carbonyl (C=O) groups is 1. The smallest absolute Gasteiger partial charge is 0.169 e. The summed E-state index contributed by atoms with van der Waals surface area (Å²) in [6.45, 7) is 0. The fourth-order valence-electron chi connectivity index (χ4n) is 1.69. The lowest BCUT2D eigenvalue weighted by atomic mass is 10.0. The van der Waals surface area contributed by atoms with E-state index in [2.05, 4.69) is 4.98 Å². The zero-order chi connectivity index (χ0) is 9.80. The van der Waals surface area contributed by atoms with E-state index in [1.807, 2.05) is 17.1 Å². The van der Waals surface area contributed by atoms with E-state index in [1.165, 1.54) is 24.3 Å². The van der Waals surface area contributed by atoms with Crippen LogP contribution in [-0.4, -0.2) is 22.8 Å². The van der Waals surface area contributed by atoms with Gasteiger partial charge in [0.05, 0.1) is 5.01 Å². The molecule has 0 bridgehead atoms. The summed E-state index contributed by atoms with van der Waals surface area (Å²) >= 11 is 3.66. The van der Waals surface area contributed by atoms with Gasteiger partial charge in [-0.1, -0.05) is 0 Å². The van der Waals surface area contributed by atoms with Crippen molar-refractivity contribution in [2.24, 2.45) is 5.92 Å². The summed E-state index contributed by atoms with van der Waals surface area (Å²) in [5.74, 6) is 3.35. The van der Waals surface area contributed by atoms with Gasteiger partial charge in [-0.2, -0.15) is 11.8 Å². The van der Waals surface area contributed by atoms with Crippen LogP contribution in [0.4, 0.5) is 0 Å². The van der Waals surface area contributed by atoms with Crippen molar-refractivity contribution in [3.63, 3.8) is 0 Å². The van der Waals surface area contributed by atoms with E-state index in [9.17, 15) is 4.79 Å². The second kappa shape index (κ2) is 4.94. The zero-order valence-corrected chi connectivity index (χ0v) is 9.57. The van der Waals surface area contributed by atoms with E-state index < -0.39 is 0 Å². The van der Waals surface area contributed by atoms with Gasteiger partial charge in [-0.05, 0) is 30.3 Å². The van der Waals surface area contributed by atoms with E-state index in [4.69, 9.17) is 0 Å². The first-order chi connectivity index (χ1) is 6.88. The van der Waals surface area contributed by atoms with Crippen LogP contribution >= 0.6 is 23.1 Å². The molecule has 1 aliphatic heterocycles. The van der Waals surface area contributed by atoms with Crippen LogP contribution in [0.1, 0.15) is 28.3 Å². The van der Waals surface area contributed by atoms with Crippen molar-refractivity contribution in [1.29, 1.82) is 0 Å². The highest BCUT2D eigenvalue weighted by Crippen LogP contribution is 2.26. The van der Waals surface area contributed by atoms with Crippen LogP contribution in [-0.2, 0) is 6.42 Å². The Bertz CT molecular complexity index is 305. The largest absolute Gasteiger partial charge is 0.296 e. The molecule has 1 saturated heterocycles. The highest BCUT2D eigenvalue weighted by atomic mass is 32.2. The van der Waals surface area contributed by atoms with Crippen LogP contribution in [0.15, 0.2) is 5.38 Å². The lowest BCUT2D eigenvalue weighted by molar-refractivity contribution is 0.111. The second-order valence-corrected chi connectivity index (χ2v) is 5.66. The quantitative estimate of drug-likeness (QED) is 0.744. The molecule has 2 rings (SSSR count). The molecule has 1 unspecified atom stereocenters. The minimum atomic E-state index is 0.591. The summed E-state index contributed by atoms with van der Waals surface area (Å²) in [5.41, 5.74) is 0.591. The van der Waals surface area contributed by atoms with Crippen LogP contribution in [0, 0.1) is 5.92 Å². The number of hydrogen-bond acceptors (Lipinski definition) is 4. The fourth-order valence-corrected chi connectivity index (χ4v) is 3.70. The van der Waals surface area contributed by atoms with Gasteiger partial charge >= 0.3 is 0 Å². The molecule has 14 heavy (non-hydrogen) atoms. The molecule has 4 heteroatoms. The Morgan fingerprint density at radius 3 is 3.21 bits per heavy atom. The fraction of sp³-hybridized carbons (Fsp3) is 0.600. The van der Waals surface area contributed by atoms with Crippen molar-refractivity contribution in [3.8, 4) is 0 Å². The number of thioether (sulfide) groups is 1. The van der Waals surface area contributed by atoms with E-state index in [0.717, 1.165) is 23.6 Å². The molecule has 1 aromatic rings. The second-order valence-electron chi connectivity index (χ2n) is 3.57. The monoisotopic (exact) mass is 227 g/mol. The molecule has 1 fully saturated rings. The molecule has 0 radical (unpaired) electrons. The Balaban J connectivity index is 1.92. The molecule has 2 nitrogen and oxygen atoms in total. The Morgan fingerprint density at radius 1 is 1.64 bits per heavy atom. The first-order valence-electron chi connectivity index (χ1n) is 4.86. The highest BCUT2D eigenvalue weighted by molar-refractivity contribution is 7.99. The maximum Gasteiger partial charge on any atom is 0.169 e. The Labute approximate surface area is 92.1 Å². The Kier molecular flexibility index (Phi) is 3.59. The van der Waals surface area contributed by atoms with Crippen LogP contribution in [0.2, 0.25) is 0 Å². The number of hydrogen-bond donors (Lipinski definition) is 0. The number of thiazole rings is 1. The van der Waals surface area contributed by atoms with E-state index in [1.54, 1.807) is 11.3 Å². The van der Waals surface area contributed by atoms with E-state index in [0.29, 0.717) is 5.69 Å². The molecule has 1 aliphatic rings. The summed E-state index contributed by atoms with van der Waals surface area (Å²) in [6.07, 6.45) is 4.55. The van der Waals surface area contributed by atoms with Crippen LogP contribution in [0.5, 0.6) is 0 Å². The third-order valence-corrected chi connectivity index (χ3v) is 4.58. The topological polar surface area (TPSA) is 30.0 Å². The predicted molar refractivity (Wildman–Crippen MR) is 61.3 cm³/mol. The van der Waals surface area contributed by atoms with Gasteiger partial charge < -0.3 is 0 Å². The normalized spacial score (nSPS) is 22.1. The maximum absolute atomic E-state index is 10.5. The molecule has 0 aliphatic carbocycles. The van der Waals surface area contributed by atoms with Gasteiger partial charge in [-0.15, -0.1) is 11.3 Å². The van der Waals surface area contributed by atoms with Crippen molar-refractivity contribution in [2.75, 3.05) is 11.5 Å². The number of nitrogens with zero attached hydrogens (tertiary/aromatic N) is 1. The van der Waals surface area contributed by atoms with E-state index >= 15 is 0 Å². The molecular formula is C10H13NOS2. The lowest BCUT2D eigenvalue weighted by Crippen LogP contribution is -2.12. The summed E-state index contributed by atoms with van der Waals surface area (Å²) in [4.78, 5) is 14.7. The minimum absolute atomic E-state index is 0.591. The third kappa shape index (κ3) is 2.58. The van der Waals surface area contributed by atoms with Crippen molar-refractivity contribution in [1.82, 2.24) is 4.98 Å². The van der Waals surface area contributed by atoms with Crippen LogP contribution < -0.4 is 0 Å². The van der Waals surface area contributed by atoms with Gasteiger partial charge in [0.1, 0.15) is 5.69 Å². The average Bonchev–Trinajstić information content (AvgIpc) is 2.67. The van der Waals surface area contributed by atoms with Gasteiger partial charge in [0, 0.05) is 11.8 Å². The number of aldehydes is 1. The molecular weight excluding hydrogens is 214 g/mol. The molecule has 0 aromatic carbocycles. The predicted octanol–water partition coefficient (Wildman–Crippen LogP) is 2.64. The summed E-state index contributed by atoms with van der Waals surface area (Å²) in [6, 6.07) is 0. The molecule has 0 saturated carbocycles. The molecule has 1 atom stereocenters. The first-order valence-corrected chi connectivity index (χ1v) is 6.89. The minimum Gasteiger partial charge on any atom is -0.296 e. The van der Waals surface area contributed by atoms with Crippen molar-refractivity contribution < 1.29 is 4.79 Å². The van der Waals surface area contributed by atoms with Crippen LogP contribution in [0.25, 0.3) is 0 Å². The molecule has 0 amide bonds. The Morgan fingerprint density at radius 2 is 2.57 bits per heavy atom. The van der Waals surface area contributed by atoms with Crippen LogP contribution in [0.3, 0.4) is 0 Å². The number of carbonyl (C=O) groups excluding carboxylic acids is 1. The maximum atomic E-state index is 10.5. The van der Waals surface area contributed by atoms with Gasteiger partial charge in [-0.3, -0.25) is 4.79 Å².